The third-order valence-corrected chi connectivity index (χ3v) is 5.38. The molecule has 2 aromatic rings. The molecule has 0 bridgehead atoms. The van der Waals surface area contributed by atoms with E-state index in [-0.39, 0.29) is 17.4 Å². The first-order valence-corrected chi connectivity index (χ1v) is 9.77. The summed E-state index contributed by atoms with van der Waals surface area (Å²) >= 11 is 0. The Kier molecular flexibility index (Phi) is 7.19. The van der Waals surface area contributed by atoms with E-state index in [4.69, 9.17) is 9.47 Å². The van der Waals surface area contributed by atoms with Crippen LogP contribution < -0.4 is 15.4 Å². The Morgan fingerprint density at radius 2 is 1.71 bits per heavy atom. The number of ether oxygens (including phenoxy) is 3. The number of methoxy groups -OCH3 is 2. The molecule has 0 saturated carbocycles. The highest BCUT2D eigenvalue weighted by atomic mass is 19.4. The molecule has 9 heteroatoms. The number of halogens is 3. The molecule has 3 rings (SSSR count). The quantitative estimate of drug-likeness (QED) is 0.508. The predicted molar refractivity (Wildman–Crippen MR) is 107 cm³/mol. The van der Waals surface area contributed by atoms with E-state index in [0.29, 0.717) is 0 Å². The molecule has 2 aromatic carbocycles. The second kappa shape index (κ2) is 9.67. The average Bonchev–Trinajstić information content (AvgIpc) is 3.08. The lowest BCUT2D eigenvalue weighted by atomic mass is 9.90. The fourth-order valence-electron chi connectivity index (χ4n) is 4.04. The number of para-hydroxylation sites is 1. The molecule has 1 unspecified atom stereocenters. The minimum absolute atomic E-state index is 0.164. The molecule has 6 nitrogen and oxygen atoms in total. The van der Waals surface area contributed by atoms with E-state index in [1.165, 1.54) is 20.3 Å². The van der Waals surface area contributed by atoms with E-state index in [1.54, 1.807) is 25.1 Å². The minimum Gasteiger partial charge on any atom is -0.496 e. The molecule has 1 aliphatic heterocycles. The molecule has 2 N–H and O–H groups in total. The van der Waals surface area contributed by atoms with Gasteiger partial charge in [0.1, 0.15) is 12.0 Å². The molecular formula is C22H25F3N2O4. The van der Waals surface area contributed by atoms with E-state index < -0.39 is 36.6 Å². The molecule has 1 saturated heterocycles. The third kappa shape index (κ3) is 5.36. The SMILES string of the molecule is COC(=O)[C@H]1[C@@H](NC(OC(F)(F)F)c2ccccc2OC)[C@H](c2ccccc2)N[C@H]1C. The summed E-state index contributed by atoms with van der Waals surface area (Å²) in [6.45, 7) is 1.79. The molecule has 0 amide bonds. The number of rotatable bonds is 7. The van der Waals surface area contributed by atoms with E-state index in [0.717, 1.165) is 5.56 Å². The van der Waals surface area contributed by atoms with Crippen LogP contribution in [0.1, 0.15) is 30.3 Å². The zero-order valence-electron chi connectivity index (χ0n) is 17.3. The lowest BCUT2D eigenvalue weighted by Gasteiger charge is -2.31. The highest BCUT2D eigenvalue weighted by Gasteiger charge is 2.48. The van der Waals surface area contributed by atoms with E-state index in [2.05, 4.69) is 15.4 Å². The van der Waals surface area contributed by atoms with Crippen molar-refractivity contribution in [3.05, 3.63) is 65.7 Å². The standard InChI is InChI=1S/C22H25F3N2O4/c1-13-17(21(28)30-3)19(18(26-13)14-9-5-4-6-10-14)27-20(31-22(23,24)25)15-11-7-8-12-16(15)29-2/h4-13,17-20,26-27H,1-3H3/t13-,17+,18-,19+,20?/m0/s1. The fraction of sp³-hybridized carbons (Fsp3) is 0.409. The number of hydrogen-bond donors (Lipinski definition) is 2. The van der Waals surface area contributed by atoms with Gasteiger partial charge in [-0.2, -0.15) is 0 Å². The zero-order valence-corrected chi connectivity index (χ0v) is 17.3. The molecule has 1 heterocycles. The number of carbonyl (C=O) groups excluding carboxylic acids is 1. The van der Waals surface area contributed by atoms with Crippen molar-refractivity contribution >= 4 is 5.97 Å². The van der Waals surface area contributed by atoms with Gasteiger partial charge >= 0.3 is 12.3 Å². The van der Waals surface area contributed by atoms with Crippen LogP contribution in [0.2, 0.25) is 0 Å². The smallest absolute Gasteiger partial charge is 0.496 e. The Morgan fingerprint density at radius 1 is 1.06 bits per heavy atom. The van der Waals surface area contributed by atoms with Crippen molar-refractivity contribution in [1.82, 2.24) is 10.6 Å². The number of hydrogen-bond acceptors (Lipinski definition) is 6. The van der Waals surface area contributed by atoms with Crippen LogP contribution >= 0.6 is 0 Å². The highest BCUT2D eigenvalue weighted by Crippen LogP contribution is 2.37. The number of benzene rings is 2. The highest BCUT2D eigenvalue weighted by molar-refractivity contribution is 5.75. The summed E-state index contributed by atoms with van der Waals surface area (Å²) in [6.07, 6.45) is -6.52. The maximum Gasteiger partial charge on any atom is 0.524 e. The van der Waals surface area contributed by atoms with E-state index >= 15 is 0 Å². The fourth-order valence-corrected chi connectivity index (χ4v) is 4.04. The van der Waals surface area contributed by atoms with Gasteiger partial charge in [0.2, 0.25) is 0 Å². The number of carbonyl (C=O) groups is 1. The van der Waals surface area contributed by atoms with Crippen molar-refractivity contribution in [3.8, 4) is 5.75 Å². The molecular weight excluding hydrogens is 413 g/mol. The average molecular weight is 438 g/mol. The monoisotopic (exact) mass is 438 g/mol. The van der Waals surface area contributed by atoms with Crippen molar-refractivity contribution in [2.75, 3.05) is 14.2 Å². The lowest BCUT2D eigenvalue weighted by molar-refractivity contribution is -0.349. The maximum absolute atomic E-state index is 13.3. The van der Waals surface area contributed by atoms with Gasteiger partial charge in [-0.15, -0.1) is 13.2 Å². The Hall–Kier alpha value is -2.62. The first-order chi connectivity index (χ1) is 14.7. The Labute approximate surface area is 178 Å². The van der Waals surface area contributed by atoms with Gasteiger partial charge in [-0.1, -0.05) is 48.5 Å². The van der Waals surface area contributed by atoms with Gasteiger partial charge in [-0.05, 0) is 18.6 Å². The first kappa shape index (κ1) is 23.1. The predicted octanol–water partition coefficient (Wildman–Crippen LogP) is 3.71. The summed E-state index contributed by atoms with van der Waals surface area (Å²) in [7, 11) is 2.62. The zero-order chi connectivity index (χ0) is 22.6. The van der Waals surface area contributed by atoms with Crippen LogP contribution in [-0.2, 0) is 14.3 Å². The van der Waals surface area contributed by atoms with Crippen molar-refractivity contribution in [1.29, 1.82) is 0 Å². The summed E-state index contributed by atoms with van der Waals surface area (Å²) in [6, 6.07) is 13.9. The Balaban J connectivity index is 2.02. The van der Waals surface area contributed by atoms with Gasteiger partial charge < -0.3 is 14.8 Å². The van der Waals surface area contributed by atoms with Gasteiger partial charge in [-0.3, -0.25) is 14.8 Å². The van der Waals surface area contributed by atoms with Crippen LogP contribution in [0.15, 0.2) is 54.6 Å². The van der Waals surface area contributed by atoms with Crippen LogP contribution in [0.3, 0.4) is 0 Å². The second-order valence-electron chi connectivity index (χ2n) is 7.27. The van der Waals surface area contributed by atoms with E-state index in [9.17, 15) is 18.0 Å². The van der Waals surface area contributed by atoms with E-state index in [1.807, 2.05) is 30.3 Å². The first-order valence-electron chi connectivity index (χ1n) is 9.77. The Bertz CT molecular complexity index is 879. The van der Waals surface area contributed by atoms with Gasteiger partial charge in [-0.25, -0.2) is 0 Å². The number of esters is 1. The third-order valence-electron chi connectivity index (χ3n) is 5.38. The molecule has 31 heavy (non-hydrogen) atoms. The van der Waals surface area contributed by atoms with Crippen LogP contribution in [0, 0.1) is 5.92 Å². The van der Waals surface area contributed by atoms with Gasteiger partial charge in [0.25, 0.3) is 0 Å². The van der Waals surface area contributed by atoms with Crippen molar-refractivity contribution in [3.63, 3.8) is 0 Å². The van der Waals surface area contributed by atoms with Crippen molar-refractivity contribution in [2.24, 2.45) is 5.92 Å². The van der Waals surface area contributed by atoms with Crippen LogP contribution in [0.4, 0.5) is 13.2 Å². The topological polar surface area (TPSA) is 68.8 Å². The van der Waals surface area contributed by atoms with Crippen LogP contribution in [0.25, 0.3) is 0 Å². The van der Waals surface area contributed by atoms with Crippen molar-refractivity contribution < 1.29 is 32.2 Å². The molecule has 0 radical (unpaired) electrons. The van der Waals surface area contributed by atoms with Crippen molar-refractivity contribution in [2.45, 2.75) is 37.6 Å². The number of nitrogens with one attached hydrogen (secondary N) is 2. The largest absolute Gasteiger partial charge is 0.524 e. The maximum atomic E-state index is 13.3. The summed E-state index contributed by atoms with van der Waals surface area (Å²) in [5.74, 6) is -1.04. The lowest BCUT2D eigenvalue weighted by Crippen LogP contribution is -2.46. The summed E-state index contributed by atoms with van der Waals surface area (Å²) < 4.78 is 54.6. The normalized spacial score (nSPS) is 24.6. The Morgan fingerprint density at radius 3 is 2.32 bits per heavy atom. The molecule has 0 aliphatic carbocycles. The molecule has 1 aliphatic rings. The summed E-state index contributed by atoms with van der Waals surface area (Å²) in [5, 5.41) is 6.22. The summed E-state index contributed by atoms with van der Waals surface area (Å²) in [5.41, 5.74) is 0.987. The number of alkyl halides is 3. The summed E-state index contributed by atoms with van der Waals surface area (Å²) in [4.78, 5) is 12.5. The van der Waals surface area contributed by atoms with Crippen LogP contribution in [0.5, 0.6) is 5.75 Å². The molecule has 5 atom stereocenters. The van der Waals surface area contributed by atoms with Gasteiger partial charge in [0.05, 0.1) is 20.1 Å². The minimum atomic E-state index is -4.92. The van der Waals surface area contributed by atoms with Gasteiger partial charge in [0.15, 0.2) is 0 Å². The molecule has 0 spiro atoms. The van der Waals surface area contributed by atoms with Gasteiger partial charge in [0, 0.05) is 23.7 Å². The second-order valence-corrected chi connectivity index (χ2v) is 7.27. The molecule has 0 aromatic heterocycles. The molecule has 1 fully saturated rings. The van der Waals surface area contributed by atoms with Crippen LogP contribution in [-0.4, -0.2) is 38.6 Å². The molecule has 168 valence electrons.